The summed E-state index contributed by atoms with van der Waals surface area (Å²) in [7, 11) is 0. The minimum Gasteiger partial charge on any atom is -0.425 e. The molecule has 0 N–H and O–H groups in total. The first kappa shape index (κ1) is 13.0. The lowest BCUT2D eigenvalue weighted by molar-refractivity contribution is -0.235. The van der Waals surface area contributed by atoms with Gasteiger partial charge in [0, 0.05) is 6.42 Å². The molecule has 0 aromatic carbocycles. The number of esters is 1. The first-order valence-electron chi connectivity index (χ1n) is 6.43. The SMILES string of the molecule is CC1(C)O[C@@H]2CO[C@]3(CC(C)(C)C(=O)O3)C(=O)[C@@H]2O1. The van der Waals surface area contributed by atoms with Crippen LogP contribution in [0.2, 0.25) is 0 Å². The molecular weight excluding hydrogens is 252 g/mol. The normalized spacial score (nSPS) is 43.4. The van der Waals surface area contributed by atoms with E-state index in [0.717, 1.165) is 0 Å². The molecule has 0 amide bonds. The van der Waals surface area contributed by atoms with Crippen molar-refractivity contribution in [2.24, 2.45) is 5.41 Å². The van der Waals surface area contributed by atoms with Gasteiger partial charge >= 0.3 is 5.97 Å². The second-order valence-electron chi connectivity index (χ2n) is 6.47. The third-order valence-corrected chi connectivity index (χ3v) is 3.78. The molecule has 1 spiro atoms. The first-order chi connectivity index (χ1) is 8.65. The topological polar surface area (TPSA) is 71.1 Å². The van der Waals surface area contributed by atoms with Crippen molar-refractivity contribution >= 4 is 11.8 Å². The average molecular weight is 270 g/mol. The summed E-state index contributed by atoms with van der Waals surface area (Å²) in [6, 6.07) is 0. The molecule has 19 heavy (non-hydrogen) atoms. The van der Waals surface area contributed by atoms with Gasteiger partial charge in [-0.15, -0.1) is 0 Å². The summed E-state index contributed by atoms with van der Waals surface area (Å²) in [5.74, 6) is -3.09. The quantitative estimate of drug-likeness (QED) is 0.606. The Morgan fingerprint density at radius 2 is 1.79 bits per heavy atom. The van der Waals surface area contributed by atoms with Crippen molar-refractivity contribution in [1.29, 1.82) is 0 Å². The second-order valence-corrected chi connectivity index (χ2v) is 6.47. The second kappa shape index (κ2) is 3.56. The summed E-state index contributed by atoms with van der Waals surface area (Å²) in [6.07, 6.45) is -0.953. The molecular formula is C13H18O6. The van der Waals surface area contributed by atoms with Crippen molar-refractivity contribution in [3.8, 4) is 0 Å². The molecule has 3 atom stereocenters. The summed E-state index contributed by atoms with van der Waals surface area (Å²) >= 11 is 0. The van der Waals surface area contributed by atoms with Crippen molar-refractivity contribution in [3.05, 3.63) is 0 Å². The number of rotatable bonds is 0. The van der Waals surface area contributed by atoms with Gasteiger partial charge in [-0.1, -0.05) is 0 Å². The molecule has 0 unspecified atom stereocenters. The highest BCUT2D eigenvalue weighted by molar-refractivity contribution is 5.96. The Morgan fingerprint density at radius 3 is 2.37 bits per heavy atom. The van der Waals surface area contributed by atoms with E-state index in [2.05, 4.69) is 0 Å². The maximum absolute atomic E-state index is 12.5. The molecule has 3 rings (SSSR count). The average Bonchev–Trinajstić information content (AvgIpc) is 2.70. The van der Waals surface area contributed by atoms with Gasteiger partial charge in [0.25, 0.3) is 5.79 Å². The summed E-state index contributed by atoms with van der Waals surface area (Å²) in [4.78, 5) is 24.4. The Kier molecular flexibility index (Phi) is 2.44. The Morgan fingerprint density at radius 1 is 1.11 bits per heavy atom. The van der Waals surface area contributed by atoms with Gasteiger partial charge in [0.15, 0.2) is 11.9 Å². The lowest BCUT2D eigenvalue weighted by Gasteiger charge is -2.35. The standard InChI is InChI=1S/C13H18O6/c1-11(2)6-13(19-10(11)15)9(14)8-7(5-16-13)17-12(3,4)18-8/h7-8H,5-6H2,1-4H3/t7-,8-,13+/m1/s1. The number of fused-ring (bicyclic) bond motifs is 1. The monoisotopic (exact) mass is 270 g/mol. The minimum absolute atomic E-state index is 0.184. The molecule has 6 heteroatoms. The lowest BCUT2D eigenvalue weighted by Crippen LogP contribution is -2.57. The van der Waals surface area contributed by atoms with Crippen LogP contribution in [0.5, 0.6) is 0 Å². The summed E-state index contributed by atoms with van der Waals surface area (Å²) in [5, 5.41) is 0. The summed E-state index contributed by atoms with van der Waals surface area (Å²) in [5.41, 5.74) is -0.725. The van der Waals surface area contributed by atoms with Crippen LogP contribution < -0.4 is 0 Å². The largest absolute Gasteiger partial charge is 0.425 e. The van der Waals surface area contributed by atoms with Crippen LogP contribution in [0, 0.1) is 5.41 Å². The van der Waals surface area contributed by atoms with E-state index in [1.165, 1.54) is 0 Å². The van der Waals surface area contributed by atoms with Crippen molar-refractivity contribution in [2.45, 2.75) is 57.9 Å². The third-order valence-electron chi connectivity index (χ3n) is 3.78. The molecule has 0 aromatic rings. The van der Waals surface area contributed by atoms with E-state index in [1.807, 2.05) is 0 Å². The van der Waals surface area contributed by atoms with Gasteiger partial charge in [-0.2, -0.15) is 0 Å². The molecule has 106 valence electrons. The van der Waals surface area contributed by atoms with Crippen molar-refractivity contribution in [2.75, 3.05) is 6.61 Å². The Hall–Kier alpha value is -0.980. The zero-order chi connectivity index (χ0) is 14.1. The van der Waals surface area contributed by atoms with Gasteiger partial charge in [0.05, 0.1) is 12.0 Å². The Bertz CT molecular complexity index is 454. The van der Waals surface area contributed by atoms with Gasteiger partial charge in [-0.25, -0.2) is 0 Å². The Labute approximate surface area is 111 Å². The van der Waals surface area contributed by atoms with Gasteiger partial charge in [0.2, 0.25) is 5.78 Å². The lowest BCUT2D eigenvalue weighted by atomic mass is 9.85. The van der Waals surface area contributed by atoms with Crippen molar-refractivity contribution in [3.63, 3.8) is 0 Å². The van der Waals surface area contributed by atoms with Gasteiger partial charge in [-0.05, 0) is 27.7 Å². The van der Waals surface area contributed by atoms with E-state index in [1.54, 1.807) is 27.7 Å². The van der Waals surface area contributed by atoms with Crippen molar-refractivity contribution in [1.82, 2.24) is 0 Å². The Balaban J connectivity index is 1.88. The molecule has 3 heterocycles. The summed E-state index contributed by atoms with van der Waals surface area (Å²) in [6.45, 7) is 7.15. The van der Waals surface area contributed by atoms with E-state index in [4.69, 9.17) is 18.9 Å². The first-order valence-corrected chi connectivity index (χ1v) is 6.43. The van der Waals surface area contributed by atoms with E-state index >= 15 is 0 Å². The highest BCUT2D eigenvalue weighted by Gasteiger charge is 2.64. The van der Waals surface area contributed by atoms with Crippen LogP contribution in [-0.2, 0) is 28.5 Å². The van der Waals surface area contributed by atoms with E-state index in [0.29, 0.717) is 0 Å². The highest BCUT2D eigenvalue weighted by Crippen LogP contribution is 2.46. The number of ketones is 1. The van der Waals surface area contributed by atoms with E-state index in [-0.39, 0.29) is 18.8 Å². The molecule has 0 aromatic heterocycles. The maximum atomic E-state index is 12.5. The molecule has 3 saturated heterocycles. The number of hydrogen-bond acceptors (Lipinski definition) is 6. The number of carbonyl (C=O) groups excluding carboxylic acids is 2. The third kappa shape index (κ3) is 1.81. The molecule has 6 nitrogen and oxygen atoms in total. The molecule has 0 saturated carbocycles. The number of carbonyl (C=O) groups is 2. The van der Waals surface area contributed by atoms with Crippen LogP contribution >= 0.6 is 0 Å². The van der Waals surface area contributed by atoms with E-state index in [9.17, 15) is 9.59 Å². The predicted molar refractivity (Wildman–Crippen MR) is 62.0 cm³/mol. The van der Waals surface area contributed by atoms with Crippen LogP contribution in [0.1, 0.15) is 34.1 Å². The zero-order valence-electron chi connectivity index (χ0n) is 11.5. The van der Waals surface area contributed by atoms with Gasteiger partial charge in [0.1, 0.15) is 6.10 Å². The molecule has 3 aliphatic heterocycles. The molecule has 0 radical (unpaired) electrons. The smallest absolute Gasteiger partial charge is 0.314 e. The molecule has 0 bridgehead atoms. The fourth-order valence-electron chi connectivity index (χ4n) is 2.88. The van der Waals surface area contributed by atoms with Crippen molar-refractivity contribution < 1.29 is 28.5 Å². The maximum Gasteiger partial charge on any atom is 0.314 e. The fourth-order valence-corrected chi connectivity index (χ4v) is 2.88. The number of ether oxygens (including phenoxy) is 4. The number of Topliss-reactive ketones (excluding diaryl/α,β-unsaturated/α-hetero) is 1. The van der Waals surface area contributed by atoms with Crippen LogP contribution in [0.25, 0.3) is 0 Å². The highest BCUT2D eigenvalue weighted by atomic mass is 16.8. The van der Waals surface area contributed by atoms with Gasteiger partial charge in [-0.3, -0.25) is 9.59 Å². The number of hydrogen-bond donors (Lipinski definition) is 0. The zero-order valence-corrected chi connectivity index (χ0v) is 11.5. The van der Waals surface area contributed by atoms with Gasteiger partial charge < -0.3 is 18.9 Å². The van der Waals surface area contributed by atoms with Crippen LogP contribution in [0.4, 0.5) is 0 Å². The minimum atomic E-state index is -1.49. The predicted octanol–water partition coefficient (Wildman–Crippen LogP) is 0.775. The van der Waals surface area contributed by atoms with E-state index < -0.39 is 35.2 Å². The fraction of sp³-hybridized carbons (Fsp3) is 0.846. The molecule has 3 aliphatic rings. The van der Waals surface area contributed by atoms with Crippen LogP contribution in [0.3, 0.4) is 0 Å². The molecule has 3 fully saturated rings. The summed E-state index contributed by atoms with van der Waals surface area (Å²) < 4.78 is 22.0. The molecule has 0 aliphatic carbocycles. The van der Waals surface area contributed by atoms with Crippen LogP contribution in [-0.4, -0.2) is 42.1 Å². The van der Waals surface area contributed by atoms with Crippen LogP contribution in [0.15, 0.2) is 0 Å².